The van der Waals surface area contributed by atoms with Gasteiger partial charge in [-0.2, -0.15) is 0 Å². The van der Waals surface area contributed by atoms with Gasteiger partial charge in [0.25, 0.3) is 0 Å². The summed E-state index contributed by atoms with van der Waals surface area (Å²) in [6, 6.07) is 6.06. The van der Waals surface area contributed by atoms with E-state index in [1.165, 1.54) is 16.0 Å². The van der Waals surface area contributed by atoms with E-state index in [1.807, 2.05) is 6.07 Å². The van der Waals surface area contributed by atoms with Crippen LogP contribution in [0.25, 0.3) is 0 Å². The fourth-order valence-electron chi connectivity index (χ4n) is 3.85. The average Bonchev–Trinajstić information content (AvgIpc) is 2.96. The summed E-state index contributed by atoms with van der Waals surface area (Å²) in [4.78, 5) is 18.0. The summed E-state index contributed by atoms with van der Waals surface area (Å²) in [7, 11) is 5.50. The van der Waals surface area contributed by atoms with Crippen LogP contribution >= 0.6 is 11.3 Å². The van der Waals surface area contributed by atoms with Crippen molar-refractivity contribution in [1.29, 1.82) is 0 Å². The molecule has 6 nitrogen and oxygen atoms in total. The number of aryl methyl sites for hydroxylation is 1. The van der Waals surface area contributed by atoms with Crippen LogP contribution in [0.5, 0.6) is 11.5 Å². The molecule has 1 N–H and O–H groups in total. The number of benzene rings is 1. The maximum atomic E-state index is 11.9. The lowest BCUT2D eigenvalue weighted by Crippen LogP contribution is -2.46. The molecule has 1 fully saturated rings. The van der Waals surface area contributed by atoms with E-state index in [1.54, 1.807) is 32.5 Å². The van der Waals surface area contributed by atoms with Crippen LogP contribution in [0.15, 0.2) is 18.2 Å². The molecule has 0 aliphatic carbocycles. The van der Waals surface area contributed by atoms with Gasteiger partial charge in [-0.3, -0.25) is 9.69 Å². The van der Waals surface area contributed by atoms with E-state index in [9.17, 15) is 4.79 Å². The molecule has 2 aromatic rings. The molecule has 0 saturated carbocycles. The second kappa shape index (κ2) is 9.15. The summed E-state index contributed by atoms with van der Waals surface area (Å²) in [5, 5.41) is 4.00. The minimum atomic E-state index is -0.0483. The molecule has 158 valence electrons. The second-order valence-corrected chi connectivity index (χ2v) is 8.82. The van der Waals surface area contributed by atoms with Crippen LogP contribution in [0.1, 0.15) is 34.5 Å². The first-order valence-corrected chi connectivity index (χ1v) is 10.7. The number of nitrogens with one attached hydrogen (secondary N) is 1. The summed E-state index contributed by atoms with van der Waals surface area (Å²) < 4.78 is 11.1. The number of methoxy groups -OCH3 is 2. The molecule has 0 radical (unpaired) electrons. The Hall–Kier alpha value is -2.09. The number of thiophene rings is 1. The number of anilines is 1. The predicted octanol–water partition coefficient (Wildman–Crippen LogP) is 3.68. The summed E-state index contributed by atoms with van der Waals surface area (Å²) in [6.45, 7) is 9.75. The Labute approximate surface area is 177 Å². The molecule has 7 heteroatoms. The summed E-state index contributed by atoms with van der Waals surface area (Å²) in [6.07, 6.45) is 0. The van der Waals surface area contributed by atoms with Crippen molar-refractivity contribution >= 4 is 22.2 Å². The molecule has 3 rings (SSSR count). The Bertz CT molecular complexity index is 850. The van der Waals surface area contributed by atoms with Crippen molar-refractivity contribution in [2.24, 2.45) is 0 Å². The first kappa shape index (κ1) is 21.6. The Morgan fingerprint density at radius 3 is 2.17 bits per heavy atom. The number of carbonyl (C=O) groups is 1. The standard InChI is InChI=1S/C22H31N3O3S/c1-14-15(2)29-22(23-16(3)26)20(14)21(25-9-7-24(4)8-10-25)17-11-18(27-5)13-19(12-17)28-6/h11-13,21H,7-10H2,1-6H3,(H,23,26). The molecule has 1 amide bonds. The molecule has 2 heterocycles. The SMILES string of the molecule is COc1cc(OC)cc(C(c2c(NC(C)=O)sc(C)c2C)N2CCN(C)CC2)c1. The van der Waals surface area contributed by atoms with Gasteiger partial charge < -0.3 is 19.7 Å². The number of rotatable bonds is 6. The van der Waals surface area contributed by atoms with Gasteiger partial charge in [0.05, 0.1) is 20.3 Å². The zero-order valence-corrected chi connectivity index (χ0v) is 19.0. The Morgan fingerprint density at radius 2 is 1.66 bits per heavy atom. The first-order valence-electron chi connectivity index (χ1n) is 9.87. The van der Waals surface area contributed by atoms with Crippen molar-refractivity contribution in [2.75, 3.05) is 52.8 Å². The second-order valence-electron chi connectivity index (χ2n) is 7.60. The van der Waals surface area contributed by atoms with Gasteiger partial charge in [0.2, 0.25) is 5.91 Å². The van der Waals surface area contributed by atoms with Gasteiger partial charge in [0, 0.05) is 49.6 Å². The lowest BCUT2D eigenvalue weighted by atomic mass is 9.94. The van der Waals surface area contributed by atoms with Crippen LogP contribution < -0.4 is 14.8 Å². The largest absolute Gasteiger partial charge is 0.497 e. The van der Waals surface area contributed by atoms with E-state index in [0.717, 1.165) is 48.2 Å². The number of nitrogens with zero attached hydrogens (tertiary/aromatic N) is 2. The molecule has 1 unspecified atom stereocenters. The van der Waals surface area contributed by atoms with Crippen molar-refractivity contribution in [3.8, 4) is 11.5 Å². The molecule has 1 aromatic heterocycles. The maximum absolute atomic E-state index is 11.9. The Morgan fingerprint density at radius 1 is 1.07 bits per heavy atom. The van der Waals surface area contributed by atoms with Crippen molar-refractivity contribution in [2.45, 2.75) is 26.8 Å². The van der Waals surface area contributed by atoms with Crippen molar-refractivity contribution in [3.05, 3.63) is 39.8 Å². The van der Waals surface area contributed by atoms with Crippen LogP contribution in [0, 0.1) is 13.8 Å². The van der Waals surface area contributed by atoms with Crippen LogP contribution in [0.3, 0.4) is 0 Å². The molecular weight excluding hydrogens is 386 g/mol. The number of ether oxygens (including phenoxy) is 2. The van der Waals surface area contributed by atoms with E-state index < -0.39 is 0 Å². The molecule has 1 aliphatic rings. The molecule has 1 saturated heterocycles. The van der Waals surface area contributed by atoms with Crippen molar-refractivity contribution in [1.82, 2.24) is 9.80 Å². The van der Waals surface area contributed by atoms with Crippen LogP contribution in [-0.2, 0) is 4.79 Å². The highest BCUT2D eigenvalue weighted by molar-refractivity contribution is 7.16. The predicted molar refractivity (Wildman–Crippen MR) is 119 cm³/mol. The van der Waals surface area contributed by atoms with Crippen LogP contribution in [0.4, 0.5) is 5.00 Å². The zero-order valence-electron chi connectivity index (χ0n) is 18.2. The third kappa shape index (κ3) is 4.74. The fraction of sp³-hybridized carbons (Fsp3) is 0.500. The van der Waals surface area contributed by atoms with Gasteiger partial charge in [-0.1, -0.05) is 0 Å². The molecule has 1 atom stereocenters. The maximum Gasteiger partial charge on any atom is 0.221 e. The zero-order chi connectivity index (χ0) is 21.1. The number of likely N-dealkylation sites (N-methyl/N-ethyl adjacent to an activating group) is 1. The Balaban J connectivity index is 2.16. The summed E-state index contributed by atoms with van der Waals surface area (Å²) in [5.41, 5.74) is 3.50. The molecule has 1 aliphatic heterocycles. The van der Waals surface area contributed by atoms with E-state index in [2.05, 4.69) is 48.1 Å². The average molecular weight is 418 g/mol. The van der Waals surface area contributed by atoms with Gasteiger partial charge >= 0.3 is 0 Å². The van der Waals surface area contributed by atoms with Crippen LogP contribution in [-0.4, -0.2) is 63.2 Å². The van der Waals surface area contributed by atoms with Crippen LogP contribution in [0.2, 0.25) is 0 Å². The topological polar surface area (TPSA) is 54.0 Å². The number of piperazine rings is 1. The van der Waals surface area contributed by atoms with Gasteiger partial charge in [-0.25, -0.2) is 0 Å². The van der Waals surface area contributed by atoms with E-state index in [-0.39, 0.29) is 11.9 Å². The molecular formula is C22H31N3O3S. The normalized spacial score (nSPS) is 16.5. The highest BCUT2D eigenvalue weighted by Gasteiger charge is 2.31. The third-order valence-corrected chi connectivity index (χ3v) is 6.73. The van der Waals surface area contributed by atoms with Gasteiger partial charge in [0.15, 0.2) is 0 Å². The number of hydrogen-bond acceptors (Lipinski definition) is 6. The molecule has 0 spiro atoms. The van der Waals surface area contributed by atoms with Crippen molar-refractivity contribution < 1.29 is 14.3 Å². The smallest absolute Gasteiger partial charge is 0.221 e. The highest BCUT2D eigenvalue weighted by atomic mass is 32.1. The van der Waals surface area contributed by atoms with E-state index in [0.29, 0.717) is 0 Å². The number of hydrogen-bond donors (Lipinski definition) is 1. The van der Waals surface area contributed by atoms with Gasteiger partial charge in [0.1, 0.15) is 16.5 Å². The lowest BCUT2D eigenvalue weighted by molar-refractivity contribution is -0.114. The van der Waals surface area contributed by atoms with Gasteiger partial charge in [-0.15, -0.1) is 11.3 Å². The van der Waals surface area contributed by atoms with E-state index >= 15 is 0 Å². The molecule has 1 aromatic carbocycles. The Kier molecular flexibility index (Phi) is 6.82. The monoisotopic (exact) mass is 417 g/mol. The minimum absolute atomic E-state index is 0.0134. The third-order valence-electron chi connectivity index (χ3n) is 5.59. The lowest BCUT2D eigenvalue weighted by Gasteiger charge is -2.39. The van der Waals surface area contributed by atoms with Gasteiger partial charge in [-0.05, 0) is 44.2 Å². The fourth-order valence-corrected chi connectivity index (χ4v) is 4.99. The van der Waals surface area contributed by atoms with E-state index in [4.69, 9.17) is 9.47 Å². The highest BCUT2D eigenvalue weighted by Crippen LogP contribution is 2.43. The quantitative estimate of drug-likeness (QED) is 0.777. The molecule has 29 heavy (non-hydrogen) atoms. The molecule has 0 bridgehead atoms. The van der Waals surface area contributed by atoms with Crippen molar-refractivity contribution in [3.63, 3.8) is 0 Å². The number of amides is 1. The summed E-state index contributed by atoms with van der Waals surface area (Å²) >= 11 is 1.65. The first-order chi connectivity index (χ1) is 13.8. The summed E-state index contributed by atoms with van der Waals surface area (Å²) in [5.74, 6) is 1.49. The number of carbonyl (C=O) groups excluding carboxylic acids is 1. The minimum Gasteiger partial charge on any atom is -0.497 e.